The van der Waals surface area contributed by atoms with Gasteiger partial charge in [0.1, 0.15) is 11.8 Å². The van der Waals surface area contributed by atoms with Crippen LogP contribution in [0.2, 0.25) is 0 Å². The minimum atomic E-state index is -0.730. The molecular weight excluding hydrogens is 340 g/mol. The first-order chi connectivity index (χ1) is 12.6. The molecule has 1 heterocycles. The minimum absolute atomic E-state index is 0.111. The molecule has 1 saturated heterocycles. The number of nitrogens with zero attached hydrogens (tertiary/aromatic N) is 1. The van der Waals surface area contributed by atoms with Gasteiger partial charge in [-0.3, -0.25) is 19.6 Å². The molecule has 0 saturated carbocycles. The van der Waals surface area contributed by atoms with Crippen LogP contribution < -0.4 is 21.3 Å². The van der Waals surface area contributed by atoms with Gasteiger partial charge in [0.25, 0.3) is 11.8 Å². The Bertz CT molecular complexity index is 652. The molecule has 0 aromatic heterocycles. The van der Waals surface area contributed by atoms with Crippen LogP contribution >= 0.6 is 0 Å². The van der Waals surface area contributed by atoms with Gasteiger partial charge < -0.3 is 20.7 Å². The normalized spacial score (nSPS) is 16.2. The lowest BCUT2D eigenvalue weighted by Crippen LogP contribution is -2.47. The van der Waals surface area contributed by atoms with Crippen molar-refractivity contribution in [1.82, 2.24) is 15.7 Å². The molecule has 0 radical (unpaired) electrons. The van der Waals surface area contributed by atoms with Crippen molar-refractivity contribution in [3.63, 3.8) is 0 Å². The smallest absolute Gasteiger partial charge is 0.278 e. The number of para-hydroxylation sites is 1. The predicted molar refractivity (Wildman–Crippen MR) is 92.6 cm³/mol. The second kappa shape index (κ2) is 9.73. The van der Waals surface area contributed by atoms with E-state index in [-0.39, 0.29) is 29.7 Å². The molecule has 0 aliphatic carbocycles. The Labute approximate surface area is 151 Å². The minimum Gasteiger partial charge on any atom is -0.483 e. The number of nitrogens with one attached hydrogen (secondary N) is 2. The number of hydroxylamine groups is 1. The first-order valence-corrected chi connectivity index (χ1v) is 8.52. The van der Waals surface area contributed by atoms with Crippen molar-refractivity contribution in [1.29, 1.82) is 0 Å². The van der Waals surface area contributed by atoms with Crippen LogP contribution in [-0.2, 0) is 9.59 Å². The number of carbonyl (C=O) groups excluding carboxylic acids is 3. The molecule has 0 unspecified atom stereocenters. The summed E-state index contributed by atoms with van der Waals surface area (Å²) in [4.78, 5) is 37.8. The molecule has 1 atom stereocenters. The van der Waals surface area contributed by atoms with E-state index in [2.05, 4.69) is 5.32 Å². The lowest BCUT2D eigenvalue weighted by Gasteiger charge is -2.24. The fraction of sp³-hybridized carbons (Fsp3) is 0.471. The van der Waals surface area contributed by atoms with E-state index >= 15 is 0 Å². The largest absolute Gasteiger partial charge is 0.483 e. The van der Waals surface area contributed by atoms with Crippen molar-refractivity contribution in [3.05, 3.63) is 29.8 Å². The number of carbonyl (C=O) groups is 3. The highest BCUT2D eigenvalue weighted by Crippen LogP contribution is 2.20. The summed E-state index contributed by atoms with van der Waals surface area (Å²) in [5, 5.41) is 11.5. The van der Waals surface area contributed by atoms with Crippen molar-refractivity contribution >= 4 is 17.7 Å². The second-order valence-electron chi connectivity index (χ2n) is 5.90. The number of likely N-dealkylation sites (tertiary alicyclic amines) is 1. The Morgan fingerprint density at radius 2 is 2.08 bits per heavy atom. The summed E-state index contributed by atoms with van der Waals surface area (Å²) in [6.45, 7) is 1.15. The van der Waals surface area contributed by atoms with E-state index in [1.165, 1.54) is 22.5 Å². The van der Waals surface area contributed by atoms with E-state index in [4.69, 9.17) is 15.7 Å². The third-order valence-corrected chi connectivity index (χ3v) is 4.14. The summed E-state index contributed by atoms with van der Waals surface area (Å²) >= 11 is 0. The van der Waals surface area contributed by atoms with Gasteiger partial charge in [0.2, 0.25) is 5.91 Å². The molecule has 1 aromatic rings. The van der Waals surface area contributed by atoms with Gasteiger partial charge in [-0.2, -0.15) is 0 Å². The van der Waals surface area contributed by atoms with Gasteiger partial charge in [0.05, 0.1) is 5.56 Å². The highest BCUT2D eigenvalue weighted by Gasteiger charge is 2.34. The lowest BCUT2D eigenvalue weighted by atomic mass is 10.2. The molecule has 1 aliphatic heterocycles. The summed E-state index contributed by atoms with van der Waals surface area (Å²) in [5.41, 5.74) is 7.05. The highest BCUT2D eigenvalue weighted by molar-refractivity contribution is 5.96. The molecule has 1 fully saturated rings. The Morgan fingerprint density at radius 1 is 1.31 bits per heavy atom. The summed E-state index contributed by atoms with van der Waals surface area (Å²) in [5.74, 6) is -1.08. The average Bonchev–Trinajstić information content (AvgIpc) is 3.16. The van der Waals surface area contributed by atoms with E-state index < -0.39 is 11.9 Å². The maximum absolute atomic E-state index is 12.5. The zero-order valence-corrected chi connectivity index (χ0v) is 14.4. The van der Waals surface area contributed by atoms with Crippen LogP contribution in [0.4, 0.5) is 0 Å². The van der Waals surface area contributed by atoms with Crippen molar-refractivity contribution in [2.24, 2.45) is 5.73 Å². The molecule has 0 bridgehead atoms. The van der Waals surface area contributed by atoms with Crippen LogP contribution in [-0.4, -0.2) is 60.1 Å². The molecule has 3 amide bonds. The maximum atomic E-state index is 12.5. The van der Waals surface area contributed by atoms with Crippen LogP contribution in [0.3, 0.4) is 0 Å². The summed E-state index contributed by atoms with van der Waals surface area (Å²) < 4.78 is 5.45. The Balaban J connectivity index is 1.95. The molecule has 2 rings (SSSR count). The summed E-state index contributed by atoms with van der Waals surface area (Å²) in [6, 6.07) is 5.74. The molecule has 0 spiro atoms. The molecule has 142 valence electrons. The SMILES string of the molecule is NCCCNC(=O)[C@@H]1CCCN1C(=O)COc1ccccc1C(=O)NO. The van der Waals surface area contributed by atoms with Gasteiger partial charge in [0.15, 0.2) is 6.61 Å². The predicted octanol–water partition coefficient (Wildman–Crippen LogP) is -0.360. The Kier molecular flexibility index (Phi) is 7.37. The Hall–Kier alpha value is -2.65. The van der Waals surface area contributed by atoms with Gasteiger partial charge >= 0.3 is 0 Å². The van der Waals surface area contributed by atoms with E-state index in [1.54, 1.807) is 12.1 Å². The van der Waals surface area contributed by atoms with Crippen molar-refractivity contribution < 1.29 is 24.3 Å². The summed E-state index contributed by atoms with van der Waals surface area (Å²) in [6.07, 6.45) is 2.02. The first kappa shape index (κ1) is 19.7. The molecule has 1 aliphatic rings. The number of nitrogens with two attached hydrogens (primary N) is 1. The van der Waals surface area contributed by atoms with E-state index in [9.17, 15) is 14.4 Å². The number of ether oxygens (including phenoxy) is 1. The van der Waals surface area contributed by atoms with E-state index in [0.29, 0.717) is 32.5 Å². The highest BCUT2D eigenvalue weighted by atomic mass is 16.5. The van der Waals surface area contributed by atoms with Crippen LogP contribution in [0.5, 0.6) is 5.75 Å². The zero-order chi connectivity index (χ0) is 18.9. The van der Waals surface area contributed by atoms with Crippen molar-refractivity contribution in [3.8, 4) is 5.75 Å². The van der Waals surface area contributed by atoms with Crippen LogP contribution in [0, 0.1) is 0 Å². The zero-order valence-electron chi connectivity index (χ0n) is 14.4. The molecule has 26 heavy (non-hydrogen) atoms. The van der Waals surface area contributed by atoms with Crippen molar-refractivity contribution in [2.75, 3.05) is 26.2 Å². The topological polar surface area (TPSA) is 134 Å². The number of hydrogen-bond acceptors (Lipinski definition) is 6. The van der Waals surface area contributed by atoms with Crippen LogP contribution in [0.1, 0.15) is 29.6 Å². The molecule has 9 nitrogen and oxygen atoms in total. The van der Waals surface area contributed by atoms with Gasteiger partial charge in [0, 0.05) is 13.1 Å². The molecule has 1 aromatic carbocycles. The third-order valence-electron chi connectivity index (χ3n) is 4.14. The fourth-order valence-corrected chi connectivity index (χ4v) is 2.83. The number of hydrogen-bond donors (Lipinski definition) is 4. The molecule has 9 heteroatoms. The number of amides is 3. The van der Waals surface area contributed by atoms with Crippen molar-refractivity contribution in [2.45, 2.75) is 25.3 Å². The fourth-order valence-electron chi connectivity index (χ4n) is 2.83. The van der Waals surface area contributed by atoms with Gasteiger partial charge in [-0.15, -0.1) is 0 Å². The van der Waals surface area contributed by atoms with Gasteiger partial charge in [-0.05, 0) is 37.9 Å². The van der Waals surface area contributed by atoms with Gasteiger partial charge in [-0.1, -0.05) is 12.1 Å². The van der Waals surface area contributed by atoms with Crippen LogP contribution in [0.15, 0.2) is 24.3 Å². The third kappa shape index (κ3) is 4.93. The lowest BCUT2D eigenvalue weighted by molar-refractivity contribution is -0.139. The Morgan fingerprint density at radius 3 is 2.81 bits per heavy atom. The second-order valence-corrected chi connectivity index (χ2v) is 5.90. The maximum Gasteiger partial charge on any atom is 0.278 e. The first-order valence-electron chi connectivity index (χ1n) is 8.52. The number of benzene rings is 1. The van der Waals surface area contributed by atoms with E-state index in [1.807, 2.05) is 0 Å². The monoisotopic (exact) mass is 364 g/mol. The standard InChI is InChI=1S/C17H24N4O5/c18-8-4-9-19-17(24)13-6-3-10-21(13)15(22)11-26-14-7-2-1-5-12(14)16(23)20-25/h1-2,5,7,13,25H,3-4,6,8-11,18H2,(H,19,24)(H,20,23)/t13-/m0/s1. The molecule has 5 N–H and O–H groups in total. The van der Waals surface area contributed by atoms with Gasteiger partial charge in [-0.25, -0.2) is 5.48 Å². The summed E-state index contributed by atoms with van der Waals surface area (Å²) in [7, 11) is 0. The van der Waals surface area contributed by atoms with Crippen LogP contribution in [0.25, 0.3) is 0 Å². The molecular formula is C17H24N4O5. The number of rotatable bonds is 8. The quantitative estimate of drug-likeness (QED) is 0.283. The van der Waals surface area contributed by atoms with E-state index in [0.717, 1.165) is 6.42 Å². The average molecular weight is 364 g/mol.